The first-order chi connectivity index (χ1) is 11.3. The zero-order valence-electron chi connectivity index (χ0n) is 13.1. The third-order valence-electron chi connectivity index (χ3n) is 3.31. The molecule has 0 saturated carbocycles. The second kappa shape index (κ2) is 7.63. The first-order valence-electron chi connectivity index (χ1n) is 7.13. The molecule has 0 aliphatic rings. The van der Waals surface area contributed by atoms with Crippen LogP contribution in [0.1, 0.15) is 17.8 Å². The quantitative estimate of drug-likeness (QED) is 0.453. The standard InChI is InChI=1S/C13H16Cl2N6O3/c1-8-6-10(21(23)24)18-20(8)7-11(22)16-4-3-5-19-13(15)12(14)9(2)17-19/h6H,3-5,7H2,1-2H3,(H,16,22). The molecule has 0 spiro atoms. The van der Waals surface area contributed by atoms with Crippen molar-refractivity contribution >= 4 is 34.9 Å². The van der Waals surface area contributed by atoms with E-state index in [-0.39, 0.29) is 18.3 Å². The molecule has 11 heteroatoms. The van der Waals surface area contributed by atoms with Crippen molar-refractivity contribution in [1.82, 2.24) is 24.9 Å². The lowest BCUT2D eigenvalue weighted by Crippen LogP contribution is -2.29. The summed E-state index contributed by atoms with van der Waals surface area (Å²) in [5, 5.41) is 22.1. The Kier molecular flexibility index (Phi) is 5.79. The van der Waals surface area contributed by atoms with Crippen molar-refractivity contribution in [3.63, 3.8) is 0 Å². The lowest BCUT2D eigenvalue weighted by molar-refractivity contribution is -0.389. The van der Waals surface area contributed by atoms with Gasteiger partial charge in [0.05, 0.1) is 22.6 Å². The molecule has 1 N–H and O–H groups in total. The Labute approximate surface area is 147 Å². The summed E-state index contributed by atoms with van der Waals surface area (Å²) in [6.07, 6.45) is 0.612. The molecule has 2 aromatic heterocycles. The van der Waals surface area contributed by atoms with Gasteiger partial charge in [-0.1, -0.05) is 23.2 Å². The van der Waals surface area contributed by atoms with Crippen molar-refractivity contribution in [2.75, 3.05) is 6.54 Å². The molecule has 2 aromatic rings. The number of nitro groups is 1. The molecule has 0 atom stereocenters. The fraction of sp³-hybridized carbons (Fsp3) is 0.462. The van der Waals surface area contributed by atoms with E-state index < -0.39 is 4.92 Å². The zero-order chi connectivity index (χ0) is 17.9. The highest BCUT2D eigenvalue weighted by atomic mass is 35.5. The molecular formula is C13H16Cl2N6O3. The highest BCUT2D eigenvalue weighted by molar-refractivity contribution is 6.41. The average molecular weight is 375 g/mol. The van der Waals surface area contributed by atoms with E-state index in [9.17, 15) is 14.9 Å². The molecule has 0 aliphatic heterocycles. The first kappa shape index (κ1) is 18.2. The van der Waals surface area contributed by atoms with Gasteiger partial charge in [0.2, 0.25) is 5.91 Å². The van der Waals surface area contributed by atoms with Gasteiger partial charge in [-0.25, -0.2) is 0 Å². The Morgan fingerprint density at radius 2 is 2.04 bits per heavy atom. The monoisotopic (exact) mass is 374 g/mol. The predicted molar refractivity (Wildman–Crippen MR) is 88.2 cm³/mol. The van der Waals surface area contributed by atoms with Gasteiger partial charge < -0.3 is 15.4 Å². The molecule has 0 fully saturated rings. The minimum atomic E-state index is -0.595. The van der Waals surface area contributed by atoms with Crippen LogP contribution < -0.4 is 5.32 Å². The van der Waals surface area contributed by atoms with Crippen LogP contribution in [0.2, 0.25) is 10.2 Å². The Bertz CT molecular complexity index is 770. The number of amides is 1. The summed E-state index contributed by atoms with van der Waals surface area (Å²) in [5.74, 6) is -0.558. The average Bonchev–Trinajstić information content (AvgIpc) is 3.00. The third kappa shape index (κ3) is 4.24. The van der Waals surface area contributed by atoms with Crippen LogP contribution in [0.4, 0.5) is 5.82 Å². The predicted octanol–water partition coefficient (Wildman–Crippen LogP) is 2.12. The number of halogens is 2. The maximum atomic E-state index is 11.9. The van der Waals surface area contributed by atoms with Gasteiger partial charge in [-0.05, 0) is 25.2 Å². The van der Waals surface area contributed by atoms with Gasteiger partial charge in [-0.3, -0.25) is 9.48 Å². The molecule has 130 valence electrons. The summed E-state index contributed by atoms with van der Waals surface area (Å²) in [6, 6.07) is 1.32. The smallest absolute Gasteiger partial charge is 0.358 e. The van der Waals surface area contributed by atoms with Crippen LogP contribution in [0.3, 0.4) is 0 Å². The van der Waals surface area contributed by atoms with Gasteiger partial charge in [0.15, 0.2) is 0 Å². The second-order valence-electron chi connectivity index (χ2n) is 5.18. The van der Waals surface area contributed by atoms with Crippen molar-refractivity contribution in [3.05, 3.63) is 37.7 Å². The van der Waals surface area contributed by atoms with Crippen LogP contribution in [-0.2, 0) is 17.9 Å². The lowest BCUT2D eigenvalue weighted by atomic mass is 10.4. The number of hydrogen-bond acceptors (Lipinski definition) is 5. The Hall–Kier alpha value is -2.13. The molecule has 2 heterocycles. The SMILES string of the molecule is Cc1nn(CCCNC(=O)Cn2nc([N+](=O)[O-])cc2C)c(Cl)c1Cl. The number of hydrogen-bond donors (Lipinski definition) is 1. The summed E-state index contributed by atoms with van der Waals surface area (Å²) in [6.45, 7) is 4.26. The minimum Gasteiger partial charge on any atom is -0.358 e. The summed E-state index contributed by atoms with van der Waals surface area (Å²) >= 11 is 12.0. The van der Waals surface area contributed by atoms with Crippen LogP contribution in [0.25, 0.3) is 0 Å². The number of carbonyl (C=O) groups is 1. The largest absolute Gasteiger partial charge is 0.390 e. The number of rotatable bonds is 7. The molecular weight excluding hydrogens is 359 g/mol. The normalized spacial score (nSPS) is 10.8. The van der Waals surface area contributed by atoms with E-state index in [0.717, 1.165) is 0 Å². The fourth-order valence-electron chi connectivity index (χ4n) is 2.07. The Morgan fingerprint density at radius 1 is 1.33 bits per heavy atom. The van der Waals surface area contributed by atoms with E-state index in [2.05, 4.69) is 15.5 Å². The number of aryl methyl sites for hydroxylation is 3. The second-order valence-corrected chi connectivity index (χ2v) is 5.91. The molecule has 1 amide bonds. The maximum absolute atomic E-state index is 11.9. The molecule has 0 saturated heterocycles. The Balaban J connectivity index is 1.79. The van der Waals surface area contributed by atoms with E-state index in [1.165, 1.54) is 10.7 Å². The van der Waals surface area contributed by atoms with E-state index in [1.807, 2.05) is 0 Å². The van der Waals surface area contributed by atoms with Crippen molar-refractivity contribution in [2.45, 2.75) is 33.4 Å². The molecule has 0 unspecified atom stereocenters. The lowest BCUT2D eigenvalue weighted by Gasteiger charge is -2.06. The summed E-state index contributed by atoms with van der Waals surface area (Å²) in [7, 11) is 0. The van der Waals surface area contributed by atoms with Crippen LogP contribution in [-0.4, -0.2) is 36.9 Å². The zero-order valence-corrected chi connectivity index (χ0v) is 14.6. The van der Waals surface area contributed by atoms with Crippen LogP contribution in [0, 0.1) is 24.0 Å². The molecule has 24 heavy (non-hydrogen) atoms. The van der Waals surface area contributed by atoms with Gasteiger partial charge in [0, 0.05) is 13.1 Å². The van der Waals surface area contributed by atoms with E-state index >= 15 is 0 Å². The molecule has 9 nitrogen and oxygen atoms in total. The molecule has 0 aromatic carbocycles. The summed E-state index contributed by atoms with van der Waals surface area (Å²) in [5.41, 5.74) is 1.20. The van der Waals surface area contributed by atoms with E-state index in [4.69, 9.17) is 23.2 Å². The highest BCUT2D eigenvalue weighted by Crippen LogP contribution is 2.24. The van der Waals surface area contributed by atoms with Gasteiger partial charge in [-0.15, -0.1) is 0 Å². The number of nitrogens with zero attached hydrogens (tertiary/aromatic N) is 5. The van der Waals surface area contributed by atoms with E-state index in [0.29, 0.717) is 41.1 Å². The van der Waals surface area contributed by atoms with Gasteiger partial charge in [-0.2, -0.15) is 9.78 Å². The molecule has 0 aliphatic carbocycles. The van der Waals surface area contributed by atoms with Gasteiger partial charge >= 0.3 is 5.82 Å². The number of nitrogens with one attached hydrogen (secondary N) is 1. The maximum Gasteiger partial charge on any atom is 0.390 e. The van der Waals surface area contributed by atoms with Gasteiger partial charge in [0.1, 0.15) is 16.7 Å². The fourth-order valence-corrected chi connectivity index (χ4v) is 2.46. The van der Waals surface area contributed by atoms with Crippen molar-refractivity contribution in [1.29, 1.82) is 0 Å². The summed E-state index contributed by atoms with van der Waals surface area (Å²) < 4.78 is 2.87. The van der Waals surface area contributed by atoms with Crippen molar-refractivity contribution in [3.8, 4) is 0 Å². The topological polar surface area (TPSA) is 108 Å². The number of carbonyl (C=O) groups excluding carboxylic acids is 1. The van der Waals surface area contributed by atoms with Crippen LogP contribution in [0.5, 0.6) is 0 Å². The van der Waals surface area contributed by atoms with Gasteiger partial charge in [0.25, 0.3) is 0 Å². The third-order valence-corrected chi connectivity index (χ3v) is 4.25. The first-order valence-corrected chi connectivity index (χ1v) is 7.89. The van der Waals surface area contributed by atoms with Crippen LogP contribution in [0.15, 0.2) is 6.07 Å². The summed E-state index contributed by atoms with van der Waals surface area (Å²) in [4.78, 5) is 21.9. The Morgan fingerprint density at radius 3 is 2.58 bits per heavy atom. The van der Waals surface area contributed by atoms with Crippen molar-refractivity contribution < 1.29 is 9.72 Å². The number of aromatic nitrogens is 4. The molecule has 2 rings (SSSR count). The van der Waals surface area contributed by atoms with Crippen molar-refractivity contribution in [2.24, 2.45) is 0 Å². The molecule has 0 bridgehead atoms. The van der Waals surface area contributed by atoms with Crippen LogP contribution >= 0.6 is 23.2 Å². The molecule has 0 radical (unpaired) electrons. The minimum absolute atomic E-state index is 0.0763. The van der Waals surface area contributed by atoms with E-state index in [1.54, 1.807) is 18.5 Å². The highest BCUT2D eigenvalue weighted by Gasteiger charge is 2.17.